The van der Waals surface area contributed by atoms with Crippen LogP contribution in [0, 0.1) is 0 Å². The van der Waals surface area contributed by atoms with E-state index in [0.717, 1.165) is 11.3 Å². The second kappa shape index (κ2) is 5.39. The summed E-state index contributed by atoms with van der Waals surface area (Å²) >= 11 is 0. The van der Waals surface area contributed by atoms with E-state index in [2.05, 4.69) is 0 Å². The highest BCUT2D eigenvalue weighted by atomic mass is 16.5. The number of rotatable bonds is 5. The van der Waals surface area contributed by atoms with Gasteiger partial charge in [-0.15, -0.1) is 0 Å². The number of ether oxygens (including phenoxy) is 1. The Kier molecular flexibility index (Phi) is 4.16. The molecule has 0 aromatic heterocycles. The number of aliphatic carboxylic acids is 1. The van der Waals surface area contributed by atoms with Gasteiger partial charge >= 0.3 is 5.97 Å². The molecule has 0 unspecified atom stereocenters. The third-order valence-electron chi connectivity index (χ3n) is 1.94. The lowest BCUT2D eigenvalue weighted by atomic mass is 10.1. The first-order valence-electron chi connectivity index (χ1n) is 5.06. The number of carboxylic acids is 1. The van der Waals surface area contributed by atoms with E-state index in [-0.39, 0.29) is 12.5 Å². The Labute approximate surface area is 89.7 Å². The number of aryl methyl sites for hydroxylation is 1. The summed E-state index contributed by atoms with van der Waals surface area (Å²) in [6.45, 7) is 3.90. The quantitative estimate of drug-likeness (QED) is 0.808. The van der Waals surface area contributed by atoms with E-state index in [0.29, 0.717) is 6.42 Å². The van der Waals surface area contributed by atoms with Crippen LogP contribution in [0.1, 0.15) is 25.8 Å². The molecular formula is C12H16O3. The highest BCUT2D eigenvalue weighted by molar-refractivity contribution is 5.67. The van der Waals surface area contributed by atoms with Gasteiger partial charge in [0.1, 0.15) is 5.75 Å². The fourth-order valence-corrected chi connectivity index (χ4v) is 1.32. The van der Waals surface area contributed by atoms with Crippen LogP contribution in [0.2, 0.25) is 0 Å². The fourth-order valence-electron chi connectivity index (χ4n) is 1.32. The van der Waals surface area contributed by atoms with E-state index in [1.165, 1.54) is 0 Å². The van der Waals surface area contributed by atoms with Gasteiger partial charge in [0, 0.05) is 6.42 Å². The number of carboxylic acid groups (broad SMARTS) is 1. The Balaban J connectivity index is 2.72. The molecule has 0 aliphatic rings. The lowest BCUT2D eigenvalue weighted by molar-refractivity contribution is -0.136. The van der Waals surface area contributed by atoms with E-state index in [1.54, 1.807) is 0 Å². The molecule has 0 aliphatic carbocycles. The topological polar surface area (TPSA) is 46.5 Å². The van der Waals surface area contributed by atoms with Crippen molar-refractivity contribution in [3.63, 3.8) is 0 Å². The number of para-hydroxylation sites is 1. The molecule has 0 fully saturated rings. The monoisotopic (exact) mass is 208 g/mol. The van der Waals surface area contributed by atoms with Crippen molar-refractivity contribution in [1.29, 1.82) is 0 Å². The predicted octanol–water partition coefficient (Wildman–Crippen LogP) is 2.49. The average Bonchev–Trinajstić information content (AvgIpc) is 2.15. The van der Waals surface area contributed by atoms with Crippen LogP contribution < -0.4 is 4.74 Å². The minimum absolute atomic E-state index is 0.107. The molecule has 0 saturated heterocycles. The maximum Gasteiger partial charge on any atom is 0.303 e. The summed E-state index contributed by atoms with van der Waals surface area (Å²) in [6.07, 6.45) is 0.757. The molecule has 0 bridgehead atoms. The summed E-state index contributed by atoms with van der Waals surface area (Å²) < 4.78 is 5.58. The third-order valence-corrected chi connectivity index (χ3v) is 1.94. The van der Waals surface area contributed by atoms with Crippen LogP contribution in [0.15, 0.2) is 24.3 Å². The van der Waals surface area contributed by atoms with Gasteiger partial charge in [0.25, 0.3) is 0 Å². The first kappa shape index (κ1) is 11.6. The van der Waals surface area contributed by atoms with Crippen molar-refractivity contribution in [2.45, 2.75) is 32.8 Å². The van der Waals surface area contributed by atoms with Gasteiger partial charge in [-0.25, -0.2) is 0 Å². The summed E-state index contributed by atoms with van der Waals surface area (Å²) in [5.74, 6) is 0.00287. The van der Waals surface area contributed by atoms with Gasteiger partial charge in [0.2, 0.25) is 0 Å². The van der Waals surface area contributed by atoms with Crippen molar-refractivity contribution < 1.29 is 14.6 Å². The Hall–Kier alpha value is -1.51. The largest absolute Gasteiger partial charge is 0.491 e. The number of benzene rings is 1. The van der Waals surface area contributed by atoms with E-state index < -0.39 is 5.97 Å². The maximum absolute atomic E-state index is 10.5. The summed E-state index contributed by atoms with van der Waals surface area (Å²) in [6, 6.07) is 7.56. The van der Waals surface area contributed by atoms with Gasteiger partial charge in [-0.3, -0.25) is 4.79 Å². The normalized spacial score (nSPS) is 10.3. The molecular weight excluding hydrogens is 192 g/mol. The molecule has 0 spiro atoms. The highest BCUT2D eigenvalue weighted by Crippen LogP contribution is 2.20. The Morgan fingerprint density at radius 3 is 2.67 bits per heavy atom. The molecule has 0 saturated carbocycles. The van der Waals surface area contributed by atoms with Crippen molar-refractivity contribution in [2.24, 2.45) is 0 Å². The van der Waals surface area contributed by atoms with Gasteiger partial charge in [-0.2, -0.15) is 0 Å². The fraction of sp³-hybridized carbons (Fsp3) is 0.417. The van der Waals surface area contributed by atoms with Crippen molar-refractivity contribution in [2.75, 3.05) is 0 Å². The van der Waals surface area contributed by atoms with Gasteiger partial charge in [0.05, 0.1) is 6.10 Å². The summed E-state index contributed by atoms with van der Waals surface area (Å²) in [5, 5.41) is 8.61. The Bertz CT molecular complexity index is 331. The van der Waals surface area contributed by atoms with Gasteiger partial charge < -0.3 is 9.84 Å². The SMILES string of the molecule is CC(C)Oc1ccccc1CCC(=O)O. The van der Waals surface area contributed by atoms with Crippen LogP contribution in [0.5, 0.6) is 5.75 Å². The summed E-state index contributed by atoms with van der Waals surface area (Å²) in [5.41, 5.74) is 0.952. The summed E-state index contributed by atoms with van der Waals surface area (Å²) in [7, 11) is 0. The summed E-state index contributed by atoms with van der Waals surface area (Å²) in [4.78, 5) is 10.5. The molecule has 3 heteroatoms. The van der Waals surface area contributed by atoms with Crippen LogP contribution in [0.4, 0.5) is 0 Å². The first-order valence-corrected chi connectivity index (χ1v) is 5.06. The van der Waals surface area contributed by atoms with Crippen molar-refractivity contribution in [1.82, 2.24) is 0 Å². The zero-order chi connectivity index (χ0) is 11.3. The number of carbonyl (C=O) groups is 1. The van der Waals surface area contributed by atoms with Crippen molar-refractivity contribution >= 4 is 5.97 Å². The smallest absolute Gasteiger partial charge is 0.303 e. The lowest BCUT2D eigenvalue weighted by Gasteiger charge is -2.13. The molecule has 1 N–H and O–H groups in total. The molecule has 1 aromatic rings. The first-order chi connectivity index (χ1) is 7.09. The van der Waals surface area contributed by atoms with Crippen LogP contribution in [-0.2, 0) is 11.2 Å². The van der Waals surface area contributed by atoms with Gasteiger partial charge in [-0.05, 0) is 31.9 Å². The molecule has 1 aromatic carbocycles. The molecule has 0 heterocycles. The zero-order valence-corrected chi connectivity index (χ0v) is 9.06. The molecule has 15 heavy (non-hydrogen) atoms. The molecule has 0 atom stereocenters. The van der Waals surface area contributed by atoms with E-state index in [9.17, 15) is 4.79 Å². The van der Waals surface area contributed by atoms with Crippen molar-refractivity contribution in [3.8, 4) is 5.75 Å². The minimum atomic E-state index is -0.783. The maximum atomic E-state index is 10.5. The predicted molar refractivity (Wildman–Crippen MR) is 58.2 cm³/mol. The van der Waals surface area contributed by atoms with Gasteiger partial charge in [0.15, 0.2) is 0 Å². The van der Waals surface area contributed by atoms with E-state index in [1.807, 2.05) is 38.1 Å². The number of hydrogen-bond acceptors (Lipinski definition) is 2. The van der Waals surface area contributed by atoms with Crippen LogP contribution in [0.3, 0.4) is 0 Å². The van der Waals surface area contributed by atoms with Crippen molar-refractivity contribution in [3.05, 3.63) is 29.8 Å². The molecule has 0 amide bonds. The minimum Gasteiger partial charge on any atom is -0.491 e. The second-order valence-electron chi connectivity index (χ2n) is 3.67. The Morgan fingerprint density at radius 1 is 1.40 bits per heavy atom. The number of hydrogen-bond donors (Lipinski definition) is 1. The standard InChI is InChI=1S/C12H16O3/c1-9(2)15-11-6-4-3-5-10(11)7-8-12(13)14/h3-6,9H,7-8H2,1-2H3,(H,13,14). The third kappa shape index (κ3) is 4.02. The van der Waals surface area contributed by atoms with E-state index >= 15 is 0 Å². The van der Waals surface area contributed by atoms with Crippen LogP contribution >= 0.6 is 0 Å². The molecule has 0 aliphatic heterocycles. The highest BCUT2D eigenvalue weighted by Gasteiger charge is 2.06. The molecule has 0 radical (unpaired) electrons. The van der Waals surface area contributed by atoms with Crippen LogP contribution in [0.25, 0.3) is 0 Å². The van der Waals surface area contributed by atoms with E-state index in [4.69, 9.17) is 9.84 Å². The molecule has 3 nitrogen and oxygen atoms in total. The lowest BCUT2D eigenvalue weighted by Crippen LogP contribution is -2.08. The Morgan fingerprint density at radius 2 is 2.07 bits per heavy atom. The molecule has 82 valence electrons. The second-order valence-corrected chi connectivity index (χ2v) is 3.67. The average molecular weight is 208 g/mol. The van der Waals surface area contributed by atoms with Gasteiger partial charge in [-0.1, -0.05) is 18.2 Å². The molecule has 1 rings (SSSR count). The zero-order valence-electron chi connectivity index (χ0n) is 9.06. The van der Waals surface area contributed by atoms with Crippen LogP contribution in [-0.4, -0.2) is 17.2 Å².